The average molecular weight is 465 g/mol. The Morgan fingerprint density at radius 2 is 2.04 bits per heavy atom. The van der Waals surface area contributed by atoms with Crippen molar-refractivity contribution in [3.63, 3.8) is 0 Å². The minimum Gasteiger partial charge on any atom is -0.481 e. The number of para-hydroxylation sites is 1. The lowest BCUT2D eigenvalue weighted by Crippen LogP contribution is -2.32. The number of nitrogens with zero attached hydrogens (tertiary/aromatic N) is 2. The molecular formula is C17H12IN3O5. The van der Waals surface area contributed by atoms with Gasteiger partial charge in [0.25, 0.3) is 5.56 Å². The lowest BCUT2D eigenvalue weighted by atomic mass is 10.2. The molecule has 9 heteroatoms. The van der Waals surface area contributed by atoms with Gasteiger partial charge in [-0.3, -0.25) is 4.79 Å². The number of carboxylic acid groups (broad SMARTS) is 1. The largest absolute Gasteiger partial charge is 0.481 e. The molecule has 0 atom stereocenters. The van der Waals surface area contributed by atoms with Crippen LogP contribution >= 0.6 is 22.6 Å². The third-order valence-corrected chi connectivity index (χ3v) is 4.26. The van der Waals surface area contributed by atoms with E-state index in [0.717, 1.165) is 4.68 Å². The maximum atomic E-state index is 12.4. The van der Waals surface area contributed by atoms with Crippen molar-refractivity contribution >= 4 is 45.7 Å². The van der Waals surface area contributed by atoms with Crippen LogP contribution < -0.4 is 16.0 Å². The van der Waals surface area contributed by atoms with Gasteiger partial charge in [0, 0.05) is 0 Å². The molecule has 0 saturated heterocycles. The van der Waals surface area contributed by atoms with Crippen LogP contribution in [-0.2, 0) is 4.79 Å². The number of H-pyrrole nitrogens is 1. The molecule has 3 aromatic rings. The average Bonchev–Trinajstić information content (AvgIpc) is 2.60. The van der Waals surface area contributed by atoms with Gasteiger partial charge in [0.1, 0.15) is 5.75 Å². The van der Waals surface area contributed by atoms with Crippen LogP contribution in [0.25, 0.3) is 10.9 Å². The van der Waals surface area contributed by atoms with Crippen molar-refractivity contribution in [3.8, 4) is 5.75 Å². The summed E-state index contributed by atoms with van der Waals surface area (Å²) in [5.41, 5.74) is -0.0854. The lowest BCUT2D eigenvalue weighted by molar-refractivity contribution is -0.139. The van der Waals surface area contributed by atoms with Crippen LogP contribution in [0, 0.1) is 3.57 Å². The summed E-state index contributed by atoms with van der Waals surface area (Å²) in [7, 11) is 0. The highest BCUT2D eigenvalue weighted by molar-refractivity contribution is 14.1. The standard InChI is InChI=1S/C17H12IN3O5/c18-12-7-10(5-6-14(12)26-9-15(22)23)8-19-21-16(24)11-3-1-2-4-13(11)20-17(21)25/h1-8H,9H2,(H,20,25)(H,22,23). The molecule has 0 spiro atoms. The van der Waals surface area contributed by atoms with Gasteiger partial charge in [0.05, 0.1) is 20.7 Å². The summed E-state index contributed by atoms with van der Waals surface area (Å²) >= 11 is 2.00. The van der Waals surface area contributed by atoms with Crippen LogP contribution in [0.1, 0.15) is 5.56 Å². The number of hydrogen-bond acceptors (Lipinski definition) is 5. The molecule has 0 aliphatic heterocycles. The van der Waals surface area contributed by atoms with Crippen LogP contribution in [0.4, 0.5) is 0 Å². The fraction of sp³-hybridized carbons (Fsp3) is 0.0588. The van der Waals surface area contributed by atoms with E-state index in [4.69, 9.17) is 9.84 Å². The van der Waals surface area contributed by atoms with Crippen molar-refractivity contribution in [2.45, 2.75) is 0 Å². The number of aromatic nitrogens is 2. The Bertz CT molecular complexity index is 1130. The molecule has 1 heterocycles. The van der Waals surface area contributed by atoms with Crippen molar-refractivity contribution in [2.75, 3.05) is 6.61 Å². The zero-order chi connectivity index (χ0) is 18.7. The summed E-state index contributed by atoms with van der Waals surface area (Å²) < 4.78 is 6.57. The van der Waals surface area contributed by atoms with E-state index in [1.54, 1.807) is 42.5 Å². The first-order valence-corrected chi connectivity index (χ1v) is 8.46. The van der Waals surface area contributed by atoms with Gasteiger partial charge >= 0.3 is 11.7 Å². The SMILES string of the molecule is O=C(O)COc1ccc(C=Nn2c(=O)[nH]c3ccccc3c2=O)cc1I. The lowest BCUT2D eigenvalue weighted by Gasteiger charge is -2.06. The van der Waals surface area contributed by atoms with Crippen LogP contribution in [0.5, 0.6) is 5.75 Å². The quantitative estimate of drug-likeness (QED) is 0.440. The van der Waals surface area contributed by atoms with Crippen molar-refractivity contribution in [1.29, 1.82) is 0 Å². The molecule has 2 aromatic carbocycles. The highest BCUT2D eigenvalue weighted by atomic mass is 127. The van der Waals surface area contributed by atoms with Crippen LogP contribution in [0.15, 0.2) is 57.2 Å². The smallest absolute Gasteiger partial charge is 0.349 e. The van der Waals surface area contributed by atoms with Gasteiger partial charge in [-0.1, -0.05) is 12.1 Å². The van der Waals surface area contributed by atoms with E-state index in [2.05, 4.69) is 10.1 Å². The number of carboxylic acids is 1. The summed E-state index contributed by atoms with van der Waals surface area (Å²) in [5, 5.41) is 13.0. The maximum absolute atomic E-state index is 12.4. The van der Waals surface area contributed by atoms with E-state index in [1.165, 1.54) is 6.21 Å². The fourth-order valence-corrected chi connectivity index (χ4v) is 2.93. The van der Waals surface area contributed by atoms with E-state index in [9.17, 15) is 14.4 Å². The van der Waals surface area contributed by atoms with Crippen molar-refractivity contribution < 1.29 is 14.6 Å². The number of hydrogen-bond donors (Lipinski definition) is 2. The Balaban J connectivity index is 1.92. The molecule has 0 unspecified atom stereocenters. The second kappa shape index (κ2) is 7.52. The first kappa shape index (κ1) is 17.9. The molecule has 0 amide bonds. The minimum absolute atomic E-state index is 0.358. The molecule has 0 bridgehead atoms. The molecule has 0 radical (unpaired) electrons. The van der Waals surface area contributed by atoms with Crippen LogP contribution in [0.3, 0.4) is 0 Å². The number of halogens is 1. The molecule has 26 heavy (non-hydrogen) atoms. The predicted molar refractivity (Wildman–Crippen MR) is 104 cm³/mol. The van der Waals surface area contributed by atoms with Gasteiger partial charge in [-0.05, 0) is 58.5 Å². The van der Waals surface area contributed by atoms with Crippen LogP contribution in [-0.4, -0.2) is 33.6 Å². The molecule has 0 aliphatic rings. The zero-order valence-corrected chi connectivity index (χ0v) is 15.3. The number of aromatic amines is 1. The van der Waals surface area contributed by atoms with Gasteiger partial charge in [-0.25, -0.2) is 9.59 Å². The van der Waals surface area contributed by atoms with E-state index in [-0.39, 0.29) is 0 Å². The monoisotopic (exact) mass is 465 g/mol. The molecule has 132 valence electrons. The predicted octanol–water partition coefficient (Wildman–Crippen LogP) is 1.64. The minimum atomic E-state index is -1.07. The second-order valence-electron chi connectivity index (χ2n) is 5.21. The Morgan fingerprint density at radius 1 is 1.27 bits per heavy atom. The number of benzene rings is 2. The maximum Gasteiger partial charge on any atom is 0.349 e. The molecule has 8 nitrogen and oxygen atoms in total. The highest BCUT2D eigenvalue weighted by Gasteiger charge is 2.07. The Hall–Kier alpha value is -2.95. The van der Waals surface area contributed by atoms with Gasteiger partial charge in [-0.2, -0.15) is 5.10 Å². The van der Waals surface area contributed by atoms with Crippen molar-refractivity contribution in [1.82, 2.24) is 9.66 Å². The van der Waals surface area contributed by atoms with Crippen LogP contribution in [0.2, 0.25) is 0 Å². The number of carbonyl (C=O) groups is 1. The number of ether oxygens (including phenoxy) is 1. The number of fused-ring (bicyclic) bond motifs is 1. The Labute approximate surface area is 159 Å². The molecule has 1 aromatic heterocycles. The Morgan fingerprint density at radius 3 is 2.77 bits per heavy atom. The van der Waals surface area contributed by atoms with E-state index in [0.29, 0.717) is 25.8 Å². The molecule has 0 aliphatic carbocycles. The number of rotatable bonds is 5. The second-order valence-corrected chi connectivity index (χ2v) is 6.37. The van der Waals surface area contributed by atoms with E-state index >= 15 is 0 Å². The molecule has 3 rings (SSSR count). The molecule has 0 saturated carbocycles. The summed E-state index contributed by atoms with van der Waals surface area (Å²) in [4.78, 5) is 37.6. The summed E-state index contributed by atoms with van der Waals surface area (Å²) in [6.07, 6.45) is 1.37. The zero-order valence-electron chi connectivity index (χ0n) is 13.2. The van der Waals surface area contributed by atoms with Crippen molar-refractivity contribution in [2.24, 2.45) is 5.10 Å². The summed E-state index contributed by atoms with van der Waals surface area (Å²) in [5.74, 6) is -0.646. The van der Waals surface area contributed by atoms with Gasteiger partial charge < -0.3 is 14.8 Å². The topological polar surface area (TPSA) is 114 Å². The highest BCUT2D eigenvalue weighted by Crippen LogP contribution is 2.21. The molecule has 0 fully saturated rings. The van der Waals surface area contributed by atoms with Crippen molar-refractivity contribution in [3.05, 3.63) is 72.4 Å². The number of nitrogens with one attached hydrogen (secondary N) is 1. The van der Waals surface area contributed by atoms with E-state index < -0.39 is 23.8 Å². The Kier molecular flexibility index (Phi) is 5.16. The van der Waals surface area contributed by atoms with Gasteiger partial charge in [0.15, 0.2) is 6.61 Å². The normalized spacial score (nSPS) is 11.1. The molecular weight excluding hydrogens is 453 g/mol. The van der Waals surface area contributed by atoms with Gasteiger partial charge in [0.2, 0.25) is 0 Å². The first-order chi connectivity index (χ1) is 12.5. The first-order valence-electron chi connectivity index (χ1n) is 7.38. The third-order valence-electron chi connectivity index (χ3n) is 3.41. The van der Waals surface area contributed by atoms with E-state index in [1.807, 2.05) is 22.6 Å². The summed E-state index contributed by atoms with van der Waals surface area (Å²) in [6, 6.07) is 11.6. The molecule has 2 N–H and O–H groups in total. The fourth-order valence-electron chi connectivity index (χ4n) is 2.24. The summed E-state index contributed by atoms with van der Waals surface area (Å²) in [6.45, 7) is -0.439. The van der Waals surface area contributed by atoms with Gasteiger partial charge in [-0.15, -0.1) is 4.68 Å². The third kappa shape index (κ3) is 3.82. The number of aliphatic carboxylic acids is 1.